The number of hydrogen-bond acceptors (Lipinski definition) is 6. The van der Waals surface area contributed by atoms with E-state index in [1.165, 1.54) is 17.5 Å². The molecule has 5 rings (SSSR count). The fourth-order valence-electron chi connectivity index (χ4n) is 3.64. The fraction of sp³-hybridized carbons (Fsp3) is 0.227. The second kappa shape index (κ2) is 7.43. The van der Waals surface area contributed by atoms with E-state index in [4.69, 9.17) is 9.47 Å². The molecular formula is C22H20N4O3. The molecule has 7 nitrogen and oxygen atoms in total. The number of nitrogens with one attached hydrogen (secondary N) is 1. The van der Waals surface area contributed by atoms with Crippen LogP contribution in [-0.2, 0) is 13.0 Å². The highest BCUT2D eigenvalue weighted by Crippen LogP contribution is 2.33. The lowest BCUT2D eigenvalue weighted by molar-refractivity contribution is 0.0728. The third-order valence-corrected chi connectivity index (χ3v) is 5.12. The van der Waals surface area contributed by atoms with Gasteiger partial charge in [0.05, 0.1) is 0 Å². The lowest BCUT2D eigenvalue weighted by Gasteiger charge is -2.28. The fourth-order valence-corrected chi connectivity index (χ4v) is 3.64. The van der Waals surface area contributed by atoms with E-state index < -0.39 is 0 Å². The van der Waals surface area contributed by atoms with E-state index in [0.29, 0.717) is 43.6 Å². The summed E-state index contributed by atoms with van der Waals surface area (Å²) in [5, 5.41) is 3.21. The molecule has 2 aromatic carbocycles. The van der Waals surface area contributed by atoms with Crippen LogP contribution < -0.4 is 14.8 Å². The Morgan fingerprint density at radius 2 is 1.79 bits per heavy atom. The Hall–Kier alpha value is -3.61. The molecule has 0 aliphatic carbocycles. The zero-order valence-corrected chi connectivity index (χ0v) is 15.8. The number of carbonyl (C=O) groups is 1. The van der Waals surface area contributed by atoms with Gasteiger partial charge >= 0.3 is 0 Å². The second-order valence-electron chi connectivity index (χ2n) is 7.02. The van der Waals surface area contributed by atoms with Gasteiger partial charge in [-0.2, -0.15) is 0 Å². The van der Waals surface area contributed by atoms with Gasteiger partial charge in [-0.15, -0.1) is 0 Å². The van der Waals surface area contributed by atoms with E-state index in [9.17, 15) is 4.79 Å². The van der Waals surface area contributed by atoms with Crippen LogP contribution in [0.2, 0.25) is 0 Å². The SMILES string of the molecule is O=C(c1cc(Nc2ccc3c(c2)OCCO3)ncn1)N1CCc2ccccc2C1. The predicted molar refractivity (Wildman–Crippen MR) is 108 cm³/mol. The van der Waals surface area contributed by atoms with Gasteiger partial charge in [-0.1, -0.05) is 24.3 Å². The zero-order valence-electron chi connectivity index (χ0n) is 15.8. The topological polar surface area (TPSA) is 76.6 Å². The van der Waals surface area contributed by atoms with Crippen molar-refractivity contribution in [2.24, 2.45) is 0 Å². The van der Waals surface area contributed by atoms with Crippen LogP contribution >= 0.6 is 0 Å². The summed E-state index contributed by atoms with van der Waals surface area (Å²) in [6.45, 7) is 2.37. The molecule has 146 valence electrons. The largest absolute Gasteiger partial charge is 0.486 e. The van der Waals surface area contributed by atoms with Gasteiger partial charge in [-0.05, 0) is 29.7 Å². The third kappa shape index (κ3) is 3.59. The molecule has 0 radical (unpaired) electrons. The Balaban J connectivity index is 1.33. The molecule has 1 amide bonds. The van der Waals surface area contributed by atoms with Gasteiger partial charge in [-0.25, -0.2) is 9.97 Å². The number of nitrogens with zero attached hydrogens (tertiary/aromatic N) is 3. The molecule has 0 bridgehead atoms. The number of hydrogen-bond donors (Lipinski definition) is 1. The molecule has 7 heteroatoms. The van der Waals surface area contributed by atoms with Crippen LogP contribution in [0.4, 0.5) is 11.5 Å². The van der Waals surface area contributed by atoms with Gasteiger partial charge in [0.2, 0.25) is 0 Å². The summed E-state index contributed by atoms with van der Waals surface area (Å²) in [4.78, 5) is 23.2. The number of rotatable bonds is 3. The van der Waals surface area contributed by atoms with Crippen molar-refractivity contribution in [3.8, 4) is 11.5 Å². The van der Waals surface area contributed by atoms with Gasteiger partial charge in [-0.3, -0.25) is 4.79 Å². The molecule has 0 spiro atoms. The summed E-state index contributed by atoms with van der Waals surface area (Å²) in [6, 6.07) is 15.5. The third-order valence-electron chi connectivity index (χ3n) is 5.12. The van der Waals surface area contributed by atoms with Crippen LogP contribution in [-0.4, -0.2) is 40.5 Å². The Morgan fingerprint density at radius 1 is 0.966 bits per heavy atom. The molecule has 2 aliphatic rings. The molecule has 1 aromatic heterocycles. The summed E-state index contributed by atoms with van der Waals surface area (Å²) < 4.78 is 11.2. The predicted octanol–water partition coefficient (Wildman–Crippen LogP) is 3.19. The highest BCUT2D eigenvalue weighted by molar-refractivity contribution is 5.93. The van der Waals surface area contributed by atoms with Crippen LogP contribution in [0.25, 0.3) is 0 Å². The molecular weight excluding hydrogens is 368 g/mol. The Morgan fingerprint density at radius 3 is 2.69 bits per heavy atom. The number of ether oxygens (including phenoxy) is 2. The molecule has 0 fully saturated rings. The first-order chi connectivity index (χ1) is 14.3. The second-order valence-corrected chi connectivity index (χ2v) is 7.02. The van der Waals surface area contributed by atoms with E-state index in [-0.39, 0.29) is 5.91 Å². The monoisotopic (exact) mass is 388 g/mol. The maximum absolute atomic E-state index is 13.0. The first kappa shape index (κ1) is 17.5. The number of benzene rings is 2. The first-order valence-corrected chi connectivity index (χ1v) is 9.61. The maximum atomic E-state index is 13.0. The van der Waals surface area contributed by atoms with Crippen molar-refractivity contribution in [3.63, 3.8) is 0 Å². The zero-order chi connectivity index (χ0) is 19.6. The van der Waals surface area contributed by atoms with Crippen molar-refractivity contribution >= 4 is 17.4 Å². The molecule has 1 N–H and O–H groups in total. The quantitative estimate of drug-likeness (QED) is 0.743. The van der Waals surface area contributed by atoms with Gasteiger partial charge in [0.1, 0.15) is 31.1 Å². The lowest BCUT2D eigenvalue weighted by Crippen LogP contribution is -2.36. The highest BCUT2D eigenvalue weighted by Gasteiger charge is 2.23. The van der Waals surface area contributed by atoms with E-state index >= 15 is 0 Å². The van der Waals surface area contributed by atoms with Crippen LogP contribution in [0.15, 0.2) is 54.9 Å². The average Bonchev–Trinajstić information content (AvgIpc) is 2.78. The van der Waals surface area contributed by atoms with Crippen LogP contribution in [0, 0.1) is 0 Å². The van der Waals surface area contributed by atoms with Crippen molar-refractivity contribution in [3.05, 3.63) is 71.7 Å². The molecule has 29 heavy (non-hydrogen) atoms. The van der Waals surface area contributed by atoms with Gasteiger partial charge in [0.25, 0.3) is 5.91 Å². The molecule has 0 saturated carbocycles. The molecule has 0 atom stereocenters. The number of amides is 1. The Bertz CT molecular complexity index is 1070. The maximum Gasteiger partial charge on any atom is 0.272 e. The summed E-state index contributed by atoms with van der Waals surface area (Å²) >= 11 is 0. The van der Waals surface area contributed by atoms with Crippen molar-refractivity contribution in [2.45, 2.75) is 13.0 Å². The molecule has 0 saturated heterocycles. The average molecular weight is 388 g/mol. The Labute approximate surface area is 168 Å². The Kier molecular flexibility index (Phi) is 4.48. The minimum absolute atomic E-state index is 0.0906. The van der Waals surface area contributed by atoms with E-state index in [2.05, 4.69) is 27.4 Å². The minimum Gasteiger partial charge on any atom is -0.486 e. The van der Waals surface area contributed by atoms with E-state index in [1.54, 1.807) is 6.07 Å². The summed E-state index contributed by atoms with van der Waals surface area (Å²) in [5.74, 6) is 1.88. The first-order valence-electron chi connectivity index (χ1n) is 9.61. The van der Waals surface area contributed by atoms with Crippen LogP contribution in [0.1, 0.15) is 21.6 Å². The number of fused-ring (bicyclic) bond motifs is 2. The lowest BCUT2D eigenvalue weighted by atomic mass is 10.00. The molecule has 3 aromatic rings. The minimum atomic E-state index is -0.0906. The molecule has 0 unspecified atom stereocenters. The van der Waals surface area contributed by atoms with E-state index in [0.717, 1.165) is 17.9 Å². The van der Waals surface area contributed by atoms with Crippen molar-refractivity contribution < 1.29 is 14.3 Å². The number of aromatic nitrogens is 2. The number of anilines is 2. The summed E-state index contributed by atoms with van der Waals surface area (Å²) in [7, 11) is 0. The van der Waals surface area contributed by atoms with Crippen molar-refractivity contribution in [1.82, 2.24) is 14.9 Å². The van der Waals surface area contributed by atoms with Gasteiger partial charge in [0, 0.05) is 30.9 Å². The van der Waals surface area contributed by atoms with E-state index in [1.807, 2.05) is 35.2 Å². The molecule has 2 aliphatic heterocycles. The van der Waals surface area contributed by atoms with Gasteiger partial charge < -0.3 is 19.7 Å². The normalized spacial score (nSPS) is 14.8. The van der Waals surface area contributed by atoms with Crippen LogP contribution in [0.3, 0.4) is 0 Å². The number of carbonyl (C=O) groups excluding carboxylic acids is 1. The standard InChI is InChI=1S/C22H20N4O3/c27-22(26-8-7-15-3-1-2-4-16(15)13-26)18-12-21(24-14-23-18)25-17-5-6-19-20(11-17)29-10-9-28-19/h1-6,11-12,14H,7-10,13H2,(H,23,24,25). The molecule has 3 heterocycles. The smallest absolute Gasteiger partial charge is 0.272 e. The van der Waals surface area contributed by atoms with Crippen molar-refractivity contribution in [1.29, 1.82) is 0 Å². The highest BCUT2D eigenvalue weighted by atomic mass is 16.6. The van der Waals surface area contributed by atoms with Crippen LogP contribution in [0.5, 0.6) is 11.5 Å². The summed E-state index contributed by atoms with van der Waals surface area (Å²) in [5.41, 5.74) is 3.67. The van der Waals surface area contributed by atoms with Crippen molar-refractivity contribution in [2.75, 3.05) is 25.1 Å². The summed E-state index contributed by atoms with van der Waals surface area (Å²) in [6.07, 6.45) is 2.26. The van der Waals surface area contributed by atoms with Gasteiger partial charge in [0.15, 0.2) is 11.5 Å².